The first-order chi connectivity index (χ1) is 10.3. The van der Waals surface area contributed by atoms with Gasteiger partial charge in [-0.05, 0) is 56.2 Å². The number of likely N-dealkylation sites (tertiary alicyclic amines) is 1. The predicted octanol–water partition coefficient (Wildman–Crippen LogP) is 3.56. The van der Waals surface area contributed by atoms with E-state index in [2.05, 4.69) is 46.1 Å². The minimum absolute atomic E-state index is 0.827. The van der Waals surface area contributed by atoms with Gasteiger partial charge in [0.2, 0.25) is 0 Å². The van der Waals surface area contributed by atoms with E-state index in [9.17, 15) is 0 Å². The topological polar surface area (TPSA) is 31.9 Å². The molecule has 3 rings (SSSR count). The van der Waals surface area contributed by atoms with Crippen LogP contribution in [0, 0.1) is 12.8 Å². The van der Waals surface area contributed by atoms with Crippen molar-refractivity contribution >= 4 is 0 Å². The summed E-state index contributed by atoms with van der Waals surface area (Å²) in [6, 6.07) is 8.79. The van der Waals surface area contributed by atoms with Crippen LogP contribution >= 0.6 is 0 Å². The second-order valence-electron chi connectivity index (χ2n) is 6.24. The van der Waals surface area contributed by atoms with E-state index in [1.807, 2.05) is 12.4 Å². The van der Waals surface area contributed by atoms with Crippen LogP contribution in [0.3, 0.4) is 0 Å². The minimum atomic E-state index is 0.827. The summed E-state index contributed by atoms with van der Waals surface area (Å²) in [6.07, 6.45) is 8.97. The van der Waals surface area contributed by atoms with Gasteiger partial charge < -0.3 is 4.98 Å². The number of nitrogens with zero attached hydrogens (tertiary/aromatic N) is 2. The Kier molecular flexibility index (Phi) is 4.71. The maximum absolute atomic E-state index is 4.34. The number of aromatic amines is 1. The van der Waals surface area contributed by atoms with Gasteiger partial charge in [-0.25, -0.2) is 4.98 Å². The Bertz CT molecular complexity index is 547. The molecule has 0 aliphatic carbocycles. The van der Waals surface area contributed by atoms with Crippen molar-refractivity contribution < 1.29 is 0 Å². The molecular formula is C18H25N3. The van der Waals surface area contributed by atoms with Crippen LogP contribution < -0.4 is 0 Å². The van der Waals surface area contributed by atoms with Crippen molar-refractivity contribution in [1.29, 1.82) is 0 Å². The smallest absolute Gasteiger partial charge is 0.120 e. The molecule has 1 aromatic heterocycles. The van der Waals surface area contributed by atoms with Crippen molar-refractivity contribution in [1.82, 2.24) is 14.9 Å². The quantitative estimate of drug-likeness (QED) is 0.910. The molecule has 1 N–H and O–H groups in total. The van der Waals surface area contributed by atoms with Gasteiger partial charge in [-0.15, -0.1) is 0 Å². The molecule has 0 spiro atoms. The summed E-state index contributed by atoms with van der Waals surface area (Å²) in [6.45, 7) is 5.61. The lowest BCUT2D eigenvalue weighted by atomic mass is 9.90. The van der Waals surface area contributed by atoms with Crippen LogP contribution in [0.25, 0.3) is 0 Å². The summed E-state index contributed by atoms with van der Waals surface area (Å²) in [5.74, 6) is 1.92. The summed E-state index contributed by atoms with van der Waals surface area (Å²) in [5.41, 5.74) is 2.95. The van der Waals surface area contributed by atoms with Gasteiger partial charge in [-0.1, -0.05) is 24.3 Å². The normalized spacial score (nSPS) is 19.8. The highest BCUT2D eigenvalue weighted by molar-refractivity contribution is 5.25. The van der Waals surface area contributed by atoms with Gasteiger partial charge in [0, 0.05) is 18.9 Å². The third-order valence-electron chi connectivity index (χ3n) is 4.61. The van der Waals surface area contributed by atoms with Gasteiger partial charge in [-0.3, -0.25) is 4.90 Å². The number of aryl methyl sites for hydroxylation is 2. The zero-order chi connectivity index (χ0) is 14.5. The molecule has 0 bridgehead atoms. The molecule has 1 aliphatic heterocycles. The molecule has 1 saturated heterocycles. The van der Waals surface area contributed by atoms with E-state index in [0.29, 0.717) is 0 Å². The van der Waals surface area contributed by atoms with Gasteiger partial charge in [-0.2, -0.15) is 0 Å². The predicted molar refractivity (Wildman–Crippen MR) is 86.1 cm³/mol. The highest BCUT2D eigenvalue weighted by atomic mass is 15.2. The average Bonchev–Trinajstić information content (AvgIpc) is 3.00. The van der Waals surface area contributed by atoms with Gasteiger partial charge in [0.05, 0.1) is 6.54 Å². The Morgan fingerprint density at radius 1 is 1.33 bits per heavy atom. The number of rotatable bonds is 5. The van der Waals surface area contributed by atoms with Crippen molar-refractivity contribution in [2.45, 2.75) is 39.2 Å². The first kappa shape index (κ1) is 14.3. The Labute approximate surface area is 127 Å². The maximum Gasteiger partial charge on any atom is 0.120 e. The van der Waals surface area contributed by atoms with Crippen LogP contribution in [0.5, 0.6) is 0 Å². The Balaban J connectivity index is 1.51. The molecule has 1 fully saturated rings. The maximum atomic E-state index is 4.34. The van der Waals surface area contributed by atoms with E-state index in [1.165, 1.54) is 49.9 Å². The molecule has 0 unspecified atom stereocenters. The molecule has 0 radical (unpaired) electrons. The summed E-state index contributed by atoms with van der Waals surface area (Å²) >= 11 is 0. The second kappa shape index (κ2) is 6.90. The van der Waals surface area contributed by atoms with Crippen molar-refractivity contribution in [3.63, 3.8) is 0 Å². The molecule has 2 aromatic rings. The lowest BCUT2D eigenvalue weighted by molar-refractivity contribution is 0.159. The first-order valence-electron chi connectivity index (χ1n) is 8.06. The van der Waals surface area contributed by atoms with Crippen molar-refractivity contribution in [2.75, 3.05) is 13.1 Å². The number of piperidine rings is 1. The highest BCUT2D eigenvalue weighted by Crippen LogP contribution is 2.23. The summed E-state index contributed by atoms with van der Waals surface area (Å²) in [4.78, 5) is 10.1. The van der Waals surface area contributed by atoms with Crippen molar-refractivity contribution in [3.8, 4) is 0 Å². The Morgan fingerprint density at radius 3 is 3.05 bits per heavy atom. The Morgan fingerprint density at radius 2 is 2.24 bits per heavy atom. The number of benzene rings is 1. The van der Waals surface area contributed by atoms with Gasteiger partial charge >= 0.3 is 0 Å². The third kappa shape index (κ3) is 3.94. The second-order valence-corrected chi connectivity index (χ2v) is 6.24. The molecule has 1 aromatic carbocycles. The van der Waals surface area contributed by atoms with Crippen molar-refractivity contribution in [2.24, 2.45) is 5.92 Å². The molecule has 2 heterocycles. The van der Waals surface area contributed by atoms with Crippen LogP contribution in [-0.4, -0.2) is 28.0 Å². The fraction of sp³-hybridized carbons (Fsp3) is 0.500. The molecule has 1 aliphatic rings. The standard InChI is InChI=1S/C18H25N3/c1-15-5-2-3-7-17(15)9-8-16-6-4-12-21(13-16)14-18-19-10-11-20-18/h2-3,5,7,10-11,16H,4,6,8-9,12-14H2,1H3,(H,19,20)/t16-/m1/s1. The number of hydrogen-bond donors (Lipinski definition) is 1. The highest BCUT2D eigenvalue weighted by Gasteiger charge is 2.20. The summed E-state index contributed by atoms with van der Waals surface area (Å²) < 4.78 is 0. The fourth-order valence-corrected chi connectivity index (χ4v) is 3.38. The van der Waals surface area contributed by atoms with E-state index in [-0.39, 0.29) is 0 Å². The average molecular weight is 283 g/mol. The van der Waals surface area contributed by atoms with Gasteiger partial charge in [0.15, 0.2) is 0 Å². The van der Waals surface area contributed by atoms with E-state index >= 15 is 0 Å². The molecule has 0 amide bonds. The lowest BCUT2D eigenvalue weighted by Crippen LogP contribution is -2.35. The van der Waals surface area contributed by atoms with E-state index in [4.69, 9.17) is 0 Å². The molecule has 112 valence electrons. The number of hydrogen-bond acceptors (Lipinski definition) is 2. The molecule has 21 heavy (non-hydrogen) atoms. The number of aromatic nitrogens is 2. The molecule has 3 nitrogen and oxygen atoms in total. The third-order valence-corrected chi connectivity index (χ3v) is 4.61. The lowest BCUT2D eigenvalue weighted by Gasteiger charge is -2.32. The monoisotopic (exact) mass is 283 g/mol. The first-order valence-corrected chi connectivity index (χ1v) is 8.06. The van der Waals surface area contributed by atoms with Crippen LogP contribution in [0.15, 0.2) is 36.7 Å². The summed E-state index contributed by atoms with van der Waals surface area (Å²) in [5, 5.41) is 0. The fourth-order valence-electron chi connectivity index (χ4n) is 3.38. The summed E-state index contributed by atoms with van der Waals surface area (Å²) in [7, 11) is 0. The molecule has 3 heteroatoms. The molecule has 0 saturated carbocycles. The van der Waals surface area contributed by atoms with Crippen LogP contribution in [0.2, 0.25) is 0 Å². The SMILES string of the molecule is Cc1ccccc1CC[C@H]1CCCN(Cc2ncc[nH]2)C1. The Hall–Kier alpha value is -1.61. The van der Waals surface area contributed by atoms with Crippen LogP contribution in [0.1, 0.15) is 36.2 Å². The minimum Gasteiger partial charge on any atom is -0.348 e. The zero-order valence-corrected chi connectivity index (χ0v) is 12.9. The van der Waals surface area contributed by atoms with Gasteiger partial charge in [0.25, 0.3) is 0 Å². The van der Waals surface area contributed by atoms with Crippen LogP contribution in [0.4, 0.5) is 0 Å². The molecule has 1 atom stereocenters. The van der Waals surface area contributed by atoms with E-state index in [1.54, 1.807) is 0 Å². The van der Waals surface area contributed by atoms with Gasteiger partial charge in [0.1, 0.15) is 5.82 Å². The zero-order valence-electron chi connectivity index (χ0n) is 12.9. The van der Waals surface area contributed by atoms with Crippen LogP contribution in [-0.2, 0) is 13.0 Å². The largest absolute Gasteiger partial charge is 0.348 e. The number of imidazole rings is 1. The number of H-pyrrole nitrogens is 1. The van der Waals surface area contributed by atoms with Crippen molar-refractivity contribution in [3.05, 3.63) is 53.6 Å². The van der Waals surface area contributed by atoms with E-state index < -0.39 is 0 Å². The number of nitrogens with one attached hydrogen (secondary N) is 1. The molecular weight excluding hydrogens is 258 g/mol. The van der Waals surface area contributed by atoms with E-state index in [0.717, 1.165) is 18.3 Å².